The van der Waals surface area contributed by atoms with E-state index in [1.165, 1.54) is 15.8 Å². The van der Waals surface area contributed by atoms with Crippen LogP contribution in [-0.2, 0) is 12.8 Å². The number of ether oxygens (including phenoxy) is 1. The van der Waals surface area contributed by atoms with Crippen LogP contribution in [0.15, 0.2) is 24.3 Å². The molecule has 0 radical (unpaired) electrons. The molecule has 2 aromatic rings. The van der Waals surface area contributed by atoms with E-state index in [0.29, 0.717) is 11.7 Å². The number of aryl methyl sites for hydroxylation is 2. The molecule has 0 bridgehead atoms. The summed E-state index contributed by atoms with van der Waals surface area (Å²) >= 11 is 0. The predicted octanol–water partition coefficient (Wildman–Crippen LogP) is 3.98. The first kappa shape index (κ1) is 17.3. The van der Waals surface area contributed by atoms with Crippen molar-refractivity contribution in [3.05, 3.63) is 46.8 Å². The Bertz CT molecular complexity index is 669. The van der Waals surface area contributed by atoms with Crippen molar-refractivity contribution >= 4 is 5.91 Å². The van der Waals surface area contributed by atoms with Crippen LogP contribution >= 0.6 is 0 Å². The van der Waals surface area contributed by atoms with Gasteiger partial charge in [-0.3, -0.25) is 4.79 Å². The number of nitrogens with zero attached hydrogens (tertiary/aromatic N) is 2. The smallest absolute Gasteiger partial charge is 0.284 e. The van der Waals surface area contributed by atoms with Crippen molar-refractivity contribution in [1.82, 2.24) is 9.78 Å². The summed E-state index contributed by atoms with van der Waals surface area (Å²) in [5.41, 5.74) is 4.27. The van der Waals surface area contributed by atoms with Crippen LogP contribution in [0.25, 0.3) is 0 Å². The predicted molar refractivity (Wildman–Crippen MR) is 92.2 cm³/mol. The fourth-order valence-electron chi connectivity index (χ4n) is 2.65. The monoisotopic (exact) mass is 314 g/mol. The number of rotatable bonds is 6. The van der Waals surface area contributed by atoms with Crippen molar-refractivity contribution in [2.24, 2.45) is 5.92 Å². The molecule has 0 fully saturated rings. The van der Waals surface area contributed by atoms with Gasteiger partial charge in [0.25, 0.3) is 5.91 Å². The summed E-state index contributed by atoms with van der Waals surface area (Å²) in [7, 11) is 0. The summed E-state index contributed by atoms with van der Waals surface area (Å²) in [6.45, 7) is 10.3. The highest BCUT2D eigenvalue weighted by Gasteiger charge is 2.17. The molecule has 1 aromatic carbocycles. The maximum atomic E-state index is 12.4. The molecule has 0 spiro atoms. The van der Waals surface area contributed by atoms with Crippen LogP contribution in [0.1, 0.15) is 48.1 Å². The summed E-state index contributed by atoms with van der Waals surface area (Å²) in [6, 6.07) is 7.84. The van der Waals surface area contributed by atoms with Crippen LogP contribution in [0.2, 0.25) is 0 Å². The van der Waals surface area contributed by atoms with Crippen molar-refractivity contribution in [2.75, 3.05) is 6.61 Å². The van der Waals surface area contributed by atoms with Crippen molar-refractivity contribution in [1.29, 1.82) is 0 Å². The zero-order valence-corrected chi connectivity index (χ0v) is 14.7. The average Bonchev–Trinajstić information content (AvgIpc) is 2.81. The maximum absolute atomic E-state index is 12.4. The second-order valence-electron chi connectivity index (χ2n) is 6.34. The number of benzene rings is 1. The third-order valence-corrected chi connectivity index (χ3v) is 3.98. The summed E-state index contributed by atoms with van der Waals surface area (Å²) < 4.78 is 7.08. The fourth-order valence-corrected chi connectivity index (χ4v) is 2.65. The lowest BCUT2D eigenvalue weighted by Gasteiger charge is -2.08. The van der Waals surface area contributed by atoms with Gasteiger partial charge in [0.1, 0.15) is 5.75 Å². The Morgan fingerprint density at radius 2 is 1.87 bits per heavy atom. The minimum Gasteiger partial charge on any atom is -0.484 e. The molecule has 1 heterocycles. The van der Waals surface area contributed by atoms with Crippen LogP contribution in [0.5, 0.6) is 5.75 Å². The van der Waals surface area contributed by atoms with Crippen molar-refractivity contribution < 1.29 is 9.53 Å². The van der Waals surface area contributed by atoms with Gasteiger partial charge >= 0.3 is 0 Å². The molecule has 124 valence electrons. The van der Waals surface area contributed by atoms with Gasteiger partial charge in [0.15, 0.2) is 6.61 Å². The Balaban J connectivity index is 2.05. The molecule has 23 heavy (non-hydrogen) atoms. The fraction of sp³-hybridized carbons (Fsp3) is 0.474. The van der Waals surface area contributed by atoms with Crippen molar-refractivity contribution in [3.63, 3.8) is 0 Å². The van der Waals surface area contributed by atoms with E-state index in [-0.39, 0.29) is 12.5 Å². The molecule has 2 rings (SSSR count). The van der Waals surface area contributed by atoms with Gasteiger partial charge in [-0.25, -0.2) is 4.68 Å². The van der Waals surface area contributed by atoms with E-state index >= 15 is 0 Å². The van der Waals surface area contributed by atoms with E-state index in [1.807, 2.05) is 38.1 Å². The highest BCUT2D eigenvalue weighted by Crippen LogP contribution is 2.18. The van der Waals surface area contributed by atoms with Gasteiger partial charge in [-0.15, -0.1) is 0 Å². The Morgan fingerprint density at radius 1 is 1.22 bits per heavy atom. The molecule has 0 amide bonds. The topological polar surface area (TPSA) is 44.1 Å². The second-order valence-corrected chi connectivity index (χ2v) is 6.34. The van der Waals surface area contributed by atoms with Gasteiger partial charge in [0.05, 0.1) is 5.69 Å². The Morgan fingerprint density at radius 3 is 2.43 bits per heavy atom. The van der Waals surface area contributed by atoms with Gasteiger partial charge in [0, 0.05) is 5.69 Å². The minimum absolute atomic E-state index is 0.00541. The van der Waals surface area contributed by atoms with E-state index in [1.54, 1.807) is 0 Å². The molecule has 0 unspecified atom stereocenters. The maximum Gasteiger partial charge on any atom is 0.284 e. The molecule has 0 saturated carbocycles. The second kappa shape index (κ2) is 7.44. The number of carbonyl (C=O) groups is 1. The molecule has 0 aliphatic carbocycles. The van der Waals surface area contributed by atoms with Crippen LogP contribution in [0.3, 0.4) is 0 Å². The number of hydrogen-bond acceptors (Lipinski definition) is 3. The zero-order chi connectivity index (χ0) is 17.0. The Hall–Kier alpha value is -2.10. The van der Waals surface area contributed by atoms with E-state index in [4.69, 9.17) is 4.74 Å². The van der Waals surface area contributed by atoms with Crippen molar-refractivity contribution in [2.45, 2.75) is 47.5 Å². The van der Waals surface area contributed by atoms with Crippen LogP contribution in [0.4, 0.5) is 0 Å². The van der Waals surface area contributed by atoms with Gasteiger partial charge in [-0.1, -0.05) is 32.9 Å². The number of carbonyl (C=O) groups excluding carboxylic acids is 1. The lowest BCUT2D eigenvalue weighted by Crippen LogP contribution is -2.21. The summed E-state index contributed by atoms with van der Waals surface area (Å²) in [5.74, 6) is 1.10. The third-order valence-electron chi connectivity index (χ3n) is 3.98. The Labute approximate surface area is 138 Å². The van der Waals surface area contributed by atoms with E-state index in [9.17, 15) is 4.79 Å². The standard InChI is InChI=1S/C19H26N2O2/c1-6-16-7-9-17(10-8-16)23-12-19(22)21-15(5)18(11-13(2)3)14(4)20-21/h7-10,13H,6,11-12H2,1-5H3. The van der Waals surface area contributed by atoms with E-state index in [0.717, 1.165) is 24.2 Å². The summed E-state index contributed by atoms with van der Waals surface area (Å²) in [4.78, 5) is 12.4. The highest BCUT2D eigenvalue weighted by molar-refractivity contribution is 5.80. The van der Waals surface area contributed by atoms with Gasteiger partial charge in [0.2, 0.25) is 0 Å². The summed E-state index contributed by atoms with van der Waals surface area (Å²) in [5, 5.41) is 4.39. The van der Waals surface area contributed by atoms with Crippen LogP contribution in [-0.4, -0.2) is 22.3 Å². The normalized spacial score (nSPS) is 11.0. The lowest BCUT2D eigenvalue weighted by molar-refractivity contribution is 0.0818. The first-order valence-corrected chi connectivity index (χ1v) is 8.22. The van der Waals surface area contributed by atoms with Gasteiger partial charge < -0.3 is 4.74 Å². The molecule has 0 N–H and O–H groups in total. The highest BCUT2D eigenvalue weighted by atomic mass is 16.5. The molecule has 4 heteroatoms. The average molecular weight is 314 g/mol. The molecular weight excluding hydrogens is 288 g/mol. The van der Waals surface area contributed by atoms with E-state index < -0.39 is 0 Å². The quantitative estimate of drug-likeness (QED) is 0.810. The van der Waals surface area contributed by atoms with Crippen LogP contribution < -0.4 is 4.74 Å². The molecule has 0 saturated heterocycles. The molecule has 0 aliphatic rings. The minimum atomic E-state index is -0.139. The third kappa shape index (κ3) is 4.21. The number of aromatic nitrogens is 2. The molecule has 0 atom stereocenters. The zero-order valence-electron chi connectivity index (χ0n) is 14.7. The molecule has 0 aliphatic heterocycles. The van der Waals surface area contributed by atoms with Crippen LogP contribution in [0, 0.1) is 19.8 Å². The first-order chi connectivity index (χ1) is 10.9. The Kier molecular flexibility index (Phi) is 5.59. The SMILES string of the molecule is CCc1ccc(OCC(=O)n2nc(C)c(CC(C)C)c2C)cc1. The summed E-state index contributed by atoms with van der Waals surface area (Å²) in [6.07, 6.45) is 1.92. The van der Waals surface area contributed by atoms with E-state index in [2.05, 4.69) is 25.9 Å². The van der Waals surface area contributed by atoms with Crippen molar-refractivity contribution in [3.8, 4) is 5.75 Å². The largest absolute Gasteiger partial charge is 0.484 e. The molecule has 1 aromatic heterocycles. The molecular formula is C19H26N2O2. The first-order valence-electron chi connectivity index (χ1n) is 8.22. The number of hydrogen-bond donors (Lipinski definition) is 0. The van der Waals surface area contributed by atoms with Gasteiger partial charge in [-0.05, 0) is 55.9 Å². The lowest BCUT2D eigenvalue weighted by atomic mass is 10.0. The van der Waals surface area contributed by atoms with Gasteiger partial charge in [-0.2, -0.15) is 5.10 Å². The molecule has 4 nitrogen and oxygen atoms in total.